The molecule has 0 saturated heterocycles. The quantitative estimate of drug-likeness (QED) is 0.592. The number of likely N-dealkylation sites (N-methyl/N-ethyl adjacent to an activating group) is 1. The van der Waals surface area contributed by atoms with Crippen LogP contribution < -0.4 is 0 Å². The van der Waals surface area contributed by atoms with Crippen molar-refractivity contribution in [2.24, 2.45) is 0 Å². The third kappa shape index (κ3) is 1.67. The number of rotatable bonds is 2. The van der Waals surface area contributed by atoms with Crippen LogP contribution in [-0.4, -0.2) is 32.7 Å². The molecule has 0 radical (unpaired) electrons. The first-order chi connectivity index (χ1) is 5.27. The molecule has 0 unspecified atom stereocenters. The molecular formula is C8H13NO2. The van der Waals surface area contributed by atoms with Crippen LogP contribution in [0, 0.1) is 0 Å². The van der Waals surface area contributed by atoms with Gasteiger partial charge in [-0.15, -0.1) is 0 Å². The maximum atomic E-state index is 5.13. The molecule has 0 aliphatic carbocycles. The number of allylic oxidation sites excluding steroid dienone is 1. The van der Waals surface area contributed by atoms with Gasteiger partial charge in [-0.05, 0) is 6.08 Å². The van der Waals surface area contributed by atoms with E-state index >= 15 is 0 Å². The Morgan fingerprint density at radius 1 is 1.36 bits per heavy atom. The Morgan fingerprint density at radius 2 is 2.09 bits per heavy atom. The van der Waals surface area contributed by atoms with Gasteiger partial charge < -0.3 is 14.4 Å². The summed E-state index contributed by atoms with van der Waals surface area (Å²) in [5, 5.41) is 0. The number of nitrogens with zero attached hydrogens (tertiary/aromatic N) is 1. The summed E-state index contributed by atoms with van der Waals surface area (Å²) >= 11 is 0. The highest BCUT2D eigenvalue weighted by molar-refractivity contribution is 5.21. The molecule has 0 aromatic rings. The fourth-order valence-corrected chi connectivity index (χ4v) is 0.992. The summed E-state index contributed by atoms with van der Waals surface area (Å²) in [5.74, 6) is 1.68. The van der Waals surface area contributed by atoms with E-state index in [0.29, 0.717) is 0 Å². The molecule has 3 nitrogen and oxygen atoms in total. The summed E-state index contributed by atoms with van der Waals surface area (Å²) in [6, 6.07) is 0. The molecule has 0 aromatic carbocycles. The van der Waals surface area contributed by atoms with Crippen molar-refractivity contribution in [1.29, 1.82) is 0 Å². The summed E-state index contributed by atoms with van der Waals surface area (Å²) in [6.07, 6.45) is 3.85. The largest absolute Gasteiger partial charge is 0.495 e. The van der Waals surface area contributed by atoms with Crippen LogP contribution in [0.1, 0.15) is 0 Å². The van der Waals surface area contributed by atoms with Crippen molar-refractivity contribution in [3.63, 3.8) is 0 Å². The lowest BCUT2D eigenvalue weighted by molar-refractivity contribution is 0.202. The average Bonchev–Trinajstić information content (AvgIpc) is 2.04. The first kappa shape index (κ1) is 7.98. The summed E-state index contributed by atoms with van der Waals surface area (Å²) in [6.45, 7) is 0.774. The van der Waals surface area contributed by atoms with Gasteiger partial charge >= 0.3 is 0 Å². The van der Waals surface area contributed by atoms with E-state index in [2.05, 4.69) is 0 Å². The van der Waals surface area contributed by atoms with E-state index < -0.39 is 0 Å². The summed E-state index contributed by atoms with van der Waals surface area (Å²) < 4.78 is 10.2. The molecule has 0 aromatic heterocycles. The summed E-state index contributed by atoms with van der Waals surface area (Å²) in [4.78, 5) is 2.03. The number of methoxy groups -OCH3 is 2. The SMILES string of the molecule is COC1=C(OC)CN(C)C=C1. The molecule has 0 N–H and O–H groups in total. The first-order valence-electron chi connectivity index (χ1n) is 3.47. The fourth-order valence-electron chi connectivity index (χ4n) is 0.992. The summed E-state index contributed by atoms with van der Waals surface area (Å²) in [7, 11) is 5.29. The van der Waals surface area contributed by atoms with Crippen molar-refractivity contribution < 1.29 is 9.47 Å². The molecule has 1 aliphatic rings. The van der Waals surface area contributed by atoms with Crippen LogP contribution in [0.3, 0.4) is 0 Å². The van der Waals surface area contributed by atoms with Crippen molar-refractivity contribution >= 4 is 0 Å². The molecule has 0 fully saturated rings. The van der Waals surface area contributed by atoms with Crippen molar-refractivity contribution in [3.05, 3.63) is 23.8 Å². The second kappa shape index (κ2) is 3.32. The van der Waals surface area contributed by atoms with Crippen LogP contribution in [0.2, 0.25) is 0 Å². The van der Waals surface area contributed by atoms with Gasteiger partial charge in [-0.25, -0.2) is 0 Å². The van der Waals surface area contributed by atoms with E-state index in [-0.39, 0.29) is 0 Å². The Labute approximate surface area is 66.9 Å². The maximum Gasteiger partial charge on any atom is 0.159 e. The Balaban J connectivity index is 2.76. The lowest BCUT2D eigenvalue weighted by Gasteiger charge is -2.21. The predicted molar refractivity (Wildman–Crippen MR) is 42.8 cm³/mol. The van der Waals surface area contributed by atoms with E-state index in [0.717, 1.165) is 18.1 Å². The maximum absolute atomic E-state index is 5.13. The number of hydrogen-bond donors (Lipinski definition) is 0. The highest BCUT2D eigenvalue weighted by atomic mass is 16.5. The third-order valence-electron chi connectivity index (χ3n) is 1.61. The van der Waals surface area contributed by atoms with Gasteiger partial charge in [-0.2, -0.15) is 0 Å². The zero-order valence-corrected chi connectivity index (χ0v) is 7.13. The molecule has 3 heteroatoms. The molecule has 0 saturated carbocycles. The van der Waals surface area contributed by atoms with E-state index in [1.54, 1.807) is 14.2 Å². The smallest absolute Gasteiger partial charge is 0.159 e. The van der Waals surface area contributed by atoms with Gasteiger partial charge in [0, 0.05) is 13.2 Å². The van der Waals surface area contributed by atoms with E-state index in [1.165, 1.54) is 0 Å². The van der Waals surface area contributed by atoms with Crippen molar-refractivity contribution in [2.45, 2.75) is 0 Å². The van der Waals surface area contributed by atoms with Crippen LogP contribution in [0.25, 0.3) is 0 Å². The predicted octanol–water partition coefficient (Wildman–Crippen LogP) is 0.950. The molecular weight excluding hydrogens is 142 g/mol. The lowest BCUT2D eigenvalue weighted by atomic mass is 10.3. The van der Waals surface area contributed by atoms with Gasteiger partial charge in [0.1, 0.15) is 0 Å². The Kier molecular flexibility index (Phi) is 2.41. The number of hydrogen-bond acceptors (Lipinski definition) is 3. The lowest BCUT2D eigenvalue weighted by Crippen LogP contribution is -2.20. The molecule has 0 bridgehead atoms. The van der Waals surface area contributed by atoms with Crippen molar-refractivity contribution in [1.82, 2.24) is 4.90 Å². The standard InChI is InChI=1S/C8H13NO2/c1-9-5-4-7(10-2)8(6-9)11-3/h4-5H,6H2,1-3H3. The van der Waals surface area contributed by atoms with E-state index in [4.69, 9.17) is 9.47 Å². The molecule has 0 atom stereocenters. The van der Waals surface area contributed by atoms with E-state index in [1.807, 2.05) is 24.2 Å². The minimum Gasteiger partial charge on any atom is -0.495 e. The van der Waals surface area contributed by atoms with Gasteiger partial charge in [0.2, 0.25) is 0 Å². The molecule has 1 aliphatic heterocycles. The Morgan fingerprint density at radius 3 is 2.64 bits per heavy atom. The van der Waals surface area contributed by atoms with Crippen LogP contribution in [-0.2, 0) is 9.47 Å². The Bertz CT molecular complexity index is 196. The van der Waals surface area contributed by atoms with Crippen LogP contribution in [0.4, 0.5) is 0 Å². The second-order valence-electron chi connectivity index (χ2n) is 2.43. The zero-order valence-electron chi connectivity index (χ0n) is 7.13. The molecule has 11 heavy (non-hydrogen) atoms. The minimum absolute atomic E-state index is 0.774. The van der Waals surface area contributed by atoms with Crippen molar-refractivity contribution in [2.75, 3.05) is 27.8 Å². The molecule has 1 rings (SSSR count). The van der Waals surface area contributed by atoms with Crippen LogP contribution in [0.5, 0.6) is 0 Å². The highest BCUT2D eigenvalue weighted by Crippen LogP contribution is 2.14. The van der Waals surface area contributed by atoms with Gasteiger partial charge in [-0.1, -0.05) is 0 Å². The van der Waals surface area contributed by atoms with Gasteiger partial charge in [0.25, 0.3) is 0 Å². The fraction of sp³-hybridized carbons (Fsp3) is 0.500. The van der Waals surface area contributed by atoms with Crippen molar-refractivity contribution in [3.8, 4) is 0 Å². The van der Waals surface area contributed by atoms with Crippen LogP contribution >= 0.6 is 0 Å². The molecule has 1 heterocycles. The summed E-state index contributed by atoms with van der Waals surface area (Å²) in [5.41, 5.74) is 0. The zero-order chi connectivity index (χ0) is 8.27. The minimum atomic E-state index is 0.774. The van der Waals surface area contributed by atoms with Crippen LogP contribution in [0.15, 0.2) is 23.8 Å². The van der Waals surface area contributed by atoms with Gasteiger partial charge in [0.15, 0.2) is 11.5 Å². The second-order valence-corrected chi connectivity index (χ2v) is 2.43. The average molecular weight is 155 g/mol. The Hall–Kier alpha value is -1.12. The molecule has 0 spiro atoms. The molecule has 62 valence electrons. The van der Waals surface area contributed by atoms with Gasteiger partial charge in [0.05, 0.1) is 20.8 Å². The third-order valence-corrected chi connectivity index (χ3v) is 1.61. The highest BCUT2D eigenvalue weighted by Gasteiger charge is 2.11. The first-order valence-corrected chi connectivity index (χ1v) is 3.47. The normalized spacial score (nSPS) is 17.2. The van der Waals surface area contributed by atoms with E-state index in [9.17, 15) is 0 Å². The van der Waals surface area contributed by atoms with Gasteiger partial charge in [-0.3, -0.25) is 0 Å². The molecule has 0 amide bonds. The monoisotopic (exact) mass is 155 g/mol. The topological polar surface area (TPSA) is 21.7 Å². The number of ether oxygens (including phenoxy) is 2.